The molecule has 0 atom stereocenters. The number of rotatable bonds is 5. The maximum atomic E-state index is 10.6. The summed E-state index contributed by atoms with van der Waals surface area (Å²) in [6.07, 6.45) is 0. The number of non-ortho nitro benzene ring substituents is 1. The van der Waals surface area contributed by atoms with Crippen molar-refractivity contribution in [2.45, 2.75) is 13.1 Å². The lowest BCUT2D eigenvalue weighted by Gasteiger charge is -2.06. The van der Waals surface area contributed by atoms with Crippen LogP contribution in [0.4, 0.5) is 5.69 Å². The Morgan fingerprint density at radius 1 is 1.11 bits per heavy atom. The third kappa shape index (κ3) is 3.53. The SMILES string of the molecule is O=[N+]([O-])c1cccc(CNCc2ccccc2O)c1. The number of nitrogens with zero attached hydrogens (tertiary/aromatic N) is 1. The first kappa shape index (κ1) is 13.0. The van der Waals surface area contributed by atoms with E-state index in [4.69, 9.17) is 0 Å². The van der Waals surface area contributed by atoms with Crippen molar-refractivity contribution in [3.63, 3.8) is 0 Å². The first-order valence-electron chi connectivity index (χ1n) is 5.88. The van der Waals surface area contributed by atoms with Crippen molar-refractivity contribution >= 4 is 5.69 Å². The highest BCUT2D eigenvalue weighted by atomic mass is 16.6. The second kappa shape index (κ2) is 5.97. The van der Waals surface area contributed by atoms with Crippen LogP contribution in [0, 0.1) is 10.1 Å². The van der Waals surface area contributed by atoms with Crippen molar-refractivity contribution in [1.82, 2.24) is 5.32 Å². The highest BCUT2D eigenvalue weighted by Crippen LogP contribution is 2.16. The average molecular weight is 258 g/mol. The third-order valence-electron chi connectivity index (χ3n) is 2.76. The molecule has 0 aliphatic rings. The molecule has 0 bridgehead atoms. The van der Waals surface area contributed by atoms with Crippen LogP contribution in [0.3, 0.4) is 0 Å². The molecular weight excluding hydrogens is 244 g/mol. The van der Waals surface area contributed by atoms with Gasteiger partial charge in [-0.25, -0.2) is 0 Å². The van der Waals surface area contributed by atoms with Crippen molar-refractivity contribution in [2.75, 3.05) is 0 Å². The van der Waals surface area contributed by atoms with Crippen LogP contribution in [0.25, 0.3) is 0 Å². The Kier molecular flexibility index (Phi) is 4.10. The molecule has 0 fully saturated rings. The number of nitro groups is 1. The van der Waals surface area contributed by atoms with Gasteiger partial charge in [0.1, 0.15) is 5.75 Å². The third-order valence-corrected chi connectivity index (χ3v) is 2.76. The lowest BCUT2D eigenvalue weighted by Crippen LogP contribution is -2.12. The maximum Gasteiger partial charge on any atom is 0.269 e. The van der Waals surface area contributed by atoms with Crippen LogP contribution >= 0.6 is 0 Å². The zero-order valence-electron chi connectivity index (χ0n) is 10.2. The molecule has 0 aliphatic carbocycles. The number of hydrogen-bond acceptors (Lipinski definition) is 4. The molecular formula is C14H14N2O3. The standard InChI is InChI=1S/C14H14N2O3/c17-14-7-2-1-5-12(14)10-15-9-11-4-3-6-13(8-11)16(18)19/h1-8,15,17H,9-10H2. The molecule has 0 aliphatic heterocycles. The van der Waals surface area contributed by atoms with E-state index in [2.05, 4.69) is 5.32 Å². The van der Waals surface area contributed by atoms with Crippen molar-refractivity contribution in [1.29, 1.82) is 0 Å². The second-order valence-corrected chi connectivity index (χ2v) is 4.16. The van der Waals surface area contributed by atoms with E-state index < -0.39 is 4.92 Å². The van der Waals surface area contributed by atoms with Crippen molar-refractivity contribution < 1.29 is 10.0 Å². The van der Waals surface area contributed by atoms with Crippen LogP contribution in [-0.2, 0) is 13.1 Å². The first-order chi connectivity index (χ1) is 9.16. The predicted octanol–water partition coefficient (Wildman–Crippen LogP) is 2.59. The maximum absolute atomic E-state index is 10.6. The monoisotopic (exact) mass is 258 g/mol. The molecule has 0 saturated carbocycles. The van der Waals surface area contributed by atoms with Gasteiger partial charge in [-0.1, -0.05) is 30.3 Å². The zero-order chi connectivity index (χ0) is 13.7. The lowest BCUT2D eigenvalue weighted by atomic mass is 10.1. The Labute approximate surface area is 110 Å². The summed E-state index contributed by atoms with van der Waals surface area (Å²) in [5, 5.41) is 23.4. The van der Waals surface area contributed by atoms with E-state index in [1.54, 1.807) is 18.2 Å². The van der Waals surface area contributed by atoms with Gasteiger partial charge in [-0.3, -0.25) is 10.1 Å². The van der Waals surface area contributed by atoms with E-state index in [9.17, 15) is 15.2 Å². The molecule has 0 unspecified atom stereocenters. The van der Waals surface area contributed by atoms with Gasteiger partial charge in [-0.15, -0.1) is 0 Å². The van der Waals surface area contributed by atoms with Crippen molar-refractivity contribution in [3.8, 4) is 5.75 Å². The number of benzene rings is 2. The number of nitrogens with one attached hydrogen (secondary N) is 1. The van der Waals surface area contributed by atoms with Crippen LogP contribution in [0.15, 0.2) is 48.5 Å². The Morgan fingerprint density at radius 2 is 1.89 bits per heavy atom. The zero-order valence-corrected chi connectivity index (χ0v) is 10.2. The van der Waals surface area contributed by atoms with Crippen molar-refractivity contribution in [2.24, 2.45) is 0 Å². The van der Waals surface area contributed by atoms with E-state index in [1.165, 1.54) is 12.1 Å². The number of aromatic hydroxyl groups is 1. The molecule has 0 radical (unpaired) electrons. The quantitative estimate of drug-likeness (QED) is 0.638. The predicted molar refractivity (Wildman–Crippen MR) is 71.7 cm³/mol. The average Bonchev–Trinajstić information content (AvgIpc) is 2.41. The molecule has 0 amide bonds. The summed E-state index contributed by atoms with van der Waals surface area (Å²) in [5.41, 5.74) is 1.72. The van der Waals surface area contributed by atoms with Crippen molar-refractivity contribution in [3.05, 3.63) is 69.8 Å². The van der Waals surface area contributed by atoms with Crippen LogP contribution in [0.2, 0.25) is 0 Å². The fraction of sp³-hybridized carbons (Fsp3) is 0.143. The van der Waals surface area contributed by atoms with Crippen LogP contribution in [0.5, 0.6) is 5.75 Å². The second-order valence-electron chi connectivity index (χ2n) is 4.16. The van der Waals surface area contributed by atoms with Gasteiger partial charge in [0.25, 0.3) is 5.69 Å². The molecule has 5 nitrogen and oxygen atoms in total. The highest BCUT2D eigenvalue weighted by molar-refractivity contribution is 5.34. The van der Waals surface area contributed by atoms with Gasteiger partial charge in [0.05, 0.1) is 4.92 Å². The van der Waals surface area contributed by atoms with Gasteiger partial charge in [0.15, 0.2) is 0 Å². The summed E-state index contributed by atoms with van der Waals surface area (Å²) in [4.78, 5) is 10.2. The van der Waals surface area contributed by atoms with E-state index in [-0.39, 0.29) is 11.4 Å². The Morgan fingerprint density at radius 3 is 2.63 bits per heavy atom. The van der Waals surface area contributed by atoms with Gasteiger partial charge >= 0.3 is 0 Å². The molecule has 2 N–H and O–H groups in total. The molecule has 98 valence electrons. The van der Waals surface area contributed by atoms with Crippen LogP contribution < -0.4 is 5.32 Å². The molecule has 0 aromatic heterocycles. The summed E-state index contributed by atoms with van der Waals surface area (Å²) in [6, 6.07) is 13.6. The molecule has 0 heterocycles. The van der Waals surface area contributed by atoms with E-state index in [0.29, 0.717) is 13.1 Å². The lowest BCUT2D eigenvalue weighted by molar-refractivity contribution is -0.384. The van der Waals surface area contributed by atoms with Crippen LogP contribution in [0.1, 0.15) is 11.1 Å². The smallest absolute Gasteiger partial charge is 0.269 e. The number of nitro benzene ring substituents is 1. The number of phenols is 1. The summed E-state index contributed by atoms with van der Waals surface area (Å²) in [6.45, 7) is 1.02. The number of para-hydroxylation sites is 1. The molecule has 19 heavy (non-hydrogen) atoms. The minimum absolute atomic E-state index is 0.0851. The van der Waals surface area contributed by atoms with E-state index in [1.807, 2.05) is 18.2 Å². The molecule has 2 aromatic carbocycles. The summed E-state index contributed by atoms with van der Waals surface area (Å²) < 4.78 is 0. The largest absolute Gasteiger partial charge is 0.508 e. The van der Waals surface area contributed by atoms with E-state index >= 15 is 0 Å². The Hall–Kier alpha value is -2.40. The number of phenolic OH excluding ortho intramolecular Hbond substituents is 1. The van der Waals surface area contributed by atoms with Crippen LogP contribution in [-0.4, -0.2) is 10.0 Å². The molecule has 0 saturated heterocycles. The summed E-state index contributed by atoms with van der Waals surface area (Å²) in [7, 11) is 0. The summed E-state index contributed by atoms with van der Waals surface area (Å²) in [5.74, 6) is 0.244. The topological polar surface area (TPSA) is 75.4 Å². The molecule has 2 aromatic rings. The minimum Gasteiger partial charge on any atom is -0.508 e. The minimum atomic E-state index is -0.410. The highest BCUT2D eigenvalue weighted by Gasteiger charge is 2.05. The molecule has 5 heteroatoms. The van der Waals surface area contributed by atoms with Gasteiger partial charge in [-0.2, -0.15) is 0 Å². The fourth-order valence-corrected chi connectivity index (χ4v) is 1.78. The fourth-order valence-electron chi connectivity index (χ4n) is 1.78. The van der Waals surface area contributed by atoms with Gasteiger partial charge < -0.3 is 10.4 Å². The Bertz CT molecular complexity index is 584. The van der Waals surface area contributed by atoms with Gasteiger partial charge in [0.2, 0.25) is 0 Å². The van der Waals surface area contributed by atoms with Gasteiger partial charge in [0, 0.05) is 30.8 Å². The van der Waals surface area contributed by atoms with Gasteiger partial charge in [-0.05, 0) is 11.6 Å². The first-order valence-corrected chi connectivity index (χ1v) is 5.88. The molecule has 2 rings (SSSR count). The number of hydrogen-bond donors (Lipinski definition) is 2. The van der Waals surface area contributed by atoms with E-state index in [0.717, 1.165) is 11.1 Å². The molecule has 0 spiro atoms. The normalized spacial score (nSPS) is 10.3. The Balaban J connectivity index is 1.94. The summed E-state index contributed by atoms with van der Waals surface area (Å²) >= 11 is 0.